The van der Waals surface area contributed by atoms with E-state index in [1.54, 1.807) is 0 Å². The highest BCUT2D eigenvalue weighted by atomic mass is 19.1. The first-order chi connectivity index (χ1) is 11.1. The van der Waals surface area contributed by atoms with Gasteiger partial charge in [-0.15, -0.1) is 0 Å². The van der Waals surface area contributed by atoms with Gasteiger partial charge in [-0.05, 0) is 43.4 Å². The first-order valence-corrected chi connectivity index (χ1v) is 7.98. The van der Waals surface area contributed by atoms with Gasteiger partial charge in [0.15, 0.2) is 0 Å². The summed E-state index contributed by atoms with van der Waals surface area (Å²) in [6, 6.07) is 8.85. The molecule has 5 N–H and O–H groups in total. The van der Waals surface area contributed by atoms with Gasteiger partial charge < -0.3 is 16.8 Å². The molecule has 23 heavy (non-hydrogen) atoms. The van der Waals surface area contributed by atoms with Gasteiger partial charge in [0.2, 0.25) is 5.95 Å². The van der Waals surface area contributed by atoms with Gasteiger partial charge in [0.05, 0.1) is 5.69 Å². The number of aryl methyl sites for hydroxylation is 1. The third kappa shape index (κ3) is 4.16. The SMILES string of the molecule is Nc1nc(NCCCc2ccc(F)cc2)cc(C2CC(N)C2)n1. The second-order valence-electron chi connectivity index (χ2n) is 6.12. The standard InChI is InChI=1S/C17H22FN5/c18-13-5-3-11(4-6-13)2-1-7-21-16-10-15(22-17(20)23-16)12-8-14(19)9-12/h3-6,10,12,14H,1-2,7-9,19H2,(H3,20,21,22,23). The van der Waals surface area contributed by atoms with Crippen molar-refractivity contribution in [2.24, 2.45) is 5.73 Å². The molecule has 0 aliphatic heterocycles. The number of nitrogens with one attached hydrogen (secondary N) is 1. The number of halogens is 1. The number of nitrogen functional groups attached to an aromatic ring is 1. The maximum absolute atomic E-state index is 12.8. The van der Waals surface area contributed by atoms with Crippen LogP contribution in [0.2, 0.25) is 0 Å². The Labute approximate surface area is 135 Å². The first-order valence-electron chi connectivity index (χ1n) is 7.98. The fourth-order valence-corrected chi connectivity index (χ4v) is 2.85. The Morgan fingerprint density at radius 1 is 1.17 bits per heavy atom. The monoisotopic (exact) mass is 315 g/mol. The van der Waals surface area contributed by atoms with Crippen molar-refractivity contribution < 1.29 is 4.39 Å². The molecule has 0 saturated heterocycles. The van der Waals surface area contributed by atoms with Crippen LogP contribution in [0.5, 0.6) is 0 Å². The number of hydrogen-bond donors (Lipinski definition) is 3. The Morgan fingerprint density at radius 3 is 2.61 bits per heavy atom. The van der Waals surface area contributed by atoms with Crippen LogP contribution < -0.4 is 16.8 Å². The number of hydrogen-bond acceptors (Lipinski definition) is 5. The number of nitrogens with two attached hydrogens (primary N) is 2. The quantitative estimate of drug-likeness (QED) is 0.712. The summed E-state index contributed by atoms with van der Waals surface area (Å²) < 4.78 is 12.8. The number of aromatic nitrogens is 2. The summed E-state index contributed by atoms with van der Waals surface area (Å²) in [6.07, 6.45) is 3.73. The van der Waals surface area contributed by atoms with Gasteiger partial charge in [-0.1, -0.05) is 12.1 Å². The molecule has 5 nitrogen and oxygen atoms in total. The summed E-state index contributed by atoms with van der Waals surface area (Å²) >= 11 is 0. The molecule has 0 amide bonds. The van der Waals surface area contributed by atoms with Crippen LogP contribution in [0.1, 0.15) is 36.4 Å². The molecular formula is C17H22FN5. The van der Waals surface area contributed by atoms with Crippen molar-refractivity contribution in [3.8, 4) is 0 Å². The van der Waals surface area contributed by atoms with E-state index >= 15 is 0 Å². The first kappa shape index (κ1) is 15.7. The van der Waals surface area contributed by atoms with Crippen molar-refractivity contribution >= 4 is 11.8 Å². The molecule has 1 aliphatic carbocycles. The smallest absolute Gasteiger partial charge is 0.222 e. The second kappa shape index (κ2) is 6.91. The predicted octanol–water partition coefficient (Wildman–Crippen LogP) is 2.45. The summed E-state index contributed by atoms with van der Waals surface area (Å²) in [5.41, 5.74) is 13.7. The van der Waals surface area contributed by atoms with E-state index in [4.69, 9.17) is 11.5 Å². The largest absolute Gasteiger partial charge is 0.370 e. The lowest BCUT2D eigenvalue weighted by atomic mass is 9.78. The molecule has 0 unspecified atom stereocenters. The molecule has 3 rings (SSSR count). The van der Waals surface area contributed by atoms with E-state index in [0.717, 1.165) is 49.3 Å². The highest BCUT2D eigenvalue weighted by molar-refractivity contribution is 5.42. The molecule has 1 fully saturated rings. The third-order valence-electron chi connectivity index (χ3n) is 4.22. The molecule has 0 spiro atoms. The Bertz CT molecular complexity index is 653. The zero-order valence-electron chi connectivity index (χ0n) is 13.0. The predicted molar refractivity (Wildman–Crippen MR) is 89.6 cm³/mol. The fourth-order valence-electron chi connectivity index (χ4n) is 2.85. The minimum absolute atomic E-state index is 0.202. The third-order valence-corrected chi connectivity index (χ3v) is 4.22. The second-order valence-corrected chi connectivity index (χ2v) is 6.12. The van der Waals surface area contributed by atoms with Crippen LogP contribution in [-0.2, 0) is 6.42 Å². The van der Waals surface area contributed by atoms with Gasteiger partial charge in [-0.25, -0.2) is 9.37 Å². The molecule has 122 valence electrons. The van der Waals surface area contributed by atoms with E-state index in [-0.39, 0.29) is 11.9 Å². The van der Waals surface area contributed by atoms with Crippen molar-refractivity contribution in [1.29, 1.82) is 0 Å². The molecular weight excluding hydrogens is 293 g/mol. The van der Waals surface area contributed by atoms with Crippen LogP contribution in [0.25, 0.3) is 0 Å². The Kier molecular flexibility index (Phi) is 4.71. The maximum Gasteiger partial charge on any atom is 0.222 e. The van der Waals surface area contributed by atoms with Crippen molar-refractivity contribution in [1.82, 2.24) is 9.97 Å². The van der Waals surface area contributed by atoms with Crippen LogP contribution in [0.15, 0.2) is 30.3 Å². The minimum Gasteiger partial charge on any atom is -0.370 e. The number of nitrogens with zero attached hydrogens (tertiary/aromatic N) is 2. The molecule has 1 aromatic heterocycles. The summed E-state index contributed by atoms with van der Waals surface area (Å²) in [5, 5.41) is 3.29. The van der Waals surface area contributed by atoms with Crippen LogP contribution in [0, 0.1) is 5.82 Å². The van der Waals surface area contributed by atoms with E-state index < -0.39 is 0 Å². The highest BCUT2D eigenvalue weighted by Gasteiger charge is 2.29. The molecule has 1 heterocycles. The van der Waals surface area contributed by atoms with E-state index in [2.05, 4.69) is 15.3 Å². The van der Waals surface area contributed by atoms with Gasteiger partial charge in [-0.2, -0.15) is 4.98 Å². The fraction of sp³-hybridized carbons (Fsp3) is 0.412. The Hall–Kier alpha value is -2.21. The van der Waals surface area contributed by atoms with Crippen LogP contribution in [0.3, 0.4) is 0 Å². The summed E-state index contributed by atoms with van der Waals surface area (Å²) in [5.74, 6) is 1.25. The van der Waals surface area contributed by atoms with E-state index in [1.807, 2.05) is 18.2 Å². The van der Waals surface area contributed by atoms with Gasteiger partial charge in [0.1, 0.15) is 11.6 Å². The minimum atomic E-state index is -0.202. The Balaban J connectivity index is 1.50. The summed E-state index contributed by atoms with van der Waals surface area (Å²) in [6.45, 7) is 0.775. The molecule has 1 aromatic carbocycles. The lowest BCUT2D eigenvalue weighted by Gasteiger charge is -2.32. The molecule has 0 atom stereocenters. The average Bonchev–Trinajstić information content (AvgIpc) is 2.50. The molecule has 0 radical (unpaired) electrons. The van der Waals surface area contributed by atoms with Crippen molar-refractivity contribution in [3.63, 3.8) is 0 Å². The topological polar surface area (TPSA) is 89.8 Å². The van der Waals surface area contributed by atoms with Gasteiger partial charge in [0.25, 0.3) is 0 Å². The zero-order chi connectivity index (χ0) is 16.2. The number of benzene rings is 1. The molecule has 1 aliphatic rings. The van der Waals surface area contributed by atoms with Gasteiger partial charge in [0, 0.05) is 24.6 Å². The molecule has 1 saturated carbocycles. The van der Waals surface area contributed by atoms with Crippen LogP contribution in [0.4, 0.5) is 16.2 Å². The lowest BCUT2D eigenvalue weighted by molar-refractivity contribution is 0.345. The number of anilines is 2. The normalized spacial score (nSPS) is 20.1. The Morgan fingerprint density at radius 2 is 1.91 bits per heavy atom. The highest BCUT2D eigenvalue weighted by Crippen LogP contribution is 2.35. The maximum atomic E-state index is 12.8. The average molecular weight is 315 g/mol. The van der Waals surface area contributed by atoms with Gasteiger partial charge >= 0.3 is 0 Å². The molecule has 6 heteroatoms. The van der Waals surface area contributed by atoms with Crippen LogP contribution >= 0.6 is 0 Å². The van der Waals surface area contributed by atoms with Gasteiger partial charge in [-0.3, -0.25) is 0 Å². The van der Waals surface area contributed by atoms with E-state index in [0.29, 0.717) is 11.9 Å². The molecule has 0 bridgehead atoms. The zero-order valence-corrected chi connectivity index (χ0v) is 13.0. The number of rotatable bonds is 6. The van der Waals surface area contributed by atoms with Crippen molar-refractivity contribution in [2.45, 2.75) is 37.6 Å². The van der Waals surface area contributed by atoms with Crippen molar-refractivity contribution in [2.75, 3.05) is 17.6 Å². The molecule has 2 aromatic rings. The van der Waals surface area contributed by atoms with Crippen LogP contribution in [-0.4, -0.2) is 22.6 Å². The lowest BCUT2D eigenvalue weighted by Crippen LogP contribution is -2.35. The summed E-state index contributed by atoms with van der Waals surface area (Å²) in [4.78, 5) is 8.53. The van der Waals surface area contributed by atoms with E-state index in [1.165, 1.54) is 12.1 Å². The van der Waals surface area contributed by atoms with Crippen molar-refractivity contribution in [3.05, 3.63) is 47.4 Å². The van der Waals surface area contributed by atoms with E-state index in [9.17, 15) is 4.39 Å². The summed E-state index contributed by atoms with van der Waals surface area (Å²) in [7, 11) is 0.